The van der Waals surface area contributed by atoms with Crippen LogP contribution < -0.4 is 5.73 Å². The highest BCUT2D eigenvalue weighted by molar-refractivity contribution is 5.30. The van der Waals surface area contributed by atoms with Gasteiger partial charge >= 0.3 is 0 Å². The van der Waals surface area contributed by atoms with E-state index in [0.29, 0.717) is 17.5 Å². The molecule has 0 aliphatic heterocycles. The molecule has 0 saturated carbocycles. The van der Waals surface area contributed by atoms with E-state index in [0.717, 1.165) is 18.1 Å². The van der Waals surface area contributed by atoms with Crippen molar-refractivity contribution in [3.8, 4) is 0 Å². The molecule has 0 aromatic heterocycles. The average molecular weight is 275 g/mol. The van der Waals surface area contributed by atoms with Gasteiger partial charge in [0.05, 0.1) is 0 Å². The lowest BCUT2D eigenvalue weighted by Crippen LogP contribution is -2.15. The van der Waals surface area contributed by atoms with Crippen molar-refractivity contribution in [3.05, 3.63) is 70.3 Å². The molecule has 0 bridgehead atoms. The van der Waals surface area contributed by atoms with Gasteiger partial charge in [-0.05, 0) is 42.5 Å². The van der Waals surface area contributed by atoms with Crippen molar-refractivity contribution >= 4 is 0 Å². The van der Waals surface area contributed by atoms with Crippen LogP contribution in [0.2, 0.25) is 0 Å². The van der Waals surface area contributed by atoms with E-state index in [1.807, 2.05) is 24.3 Å². The van der Waals surface area contributed by atoms with Crippen molar-refractivity contribution < 1.29 is 8.78 Å². The first-order valence-corrected chi connectivity index (χ1v) is 6.80. The van der Waals surface area contributed by atoms with Crippen LogP contribution in [0.15, 0.2) is 36.4 Å². The third-order valence-electron chi connectivity index (χ3n) is 3.56. The zero-order chi connectivity index (χ0) is 14.7. The van der Waals surface area contributed by atoms with Gasteiger partial charge in [0, 0.05) is 17.7 Å². The van der Waals surface area contributed by atoms with Gasteiger partial charge < -0.3 is 5.73 Å². The molecule has 2 aromatic carbocycles. The van der Waals surface area contributed by atoms with Gasteiger partial charge in [0.1, 0.15) is 11.6 Å². The van der Waals surface area contributed by atoms with Gasteiger partial charge in [-0.3, -0.25) is 0 Å². The molecule has 0 aliphatic rings. The molecule has 1 unspecified atom stereocenters. The lowest BCUT2D eigenvalue weighted by atomic mass is 9.97. The number of aryl methyl sites for hydroxylation is 2. The molecule has 1 nitrogen and oxygen atoms in total. The van der Waals surface area contributed by atoms with Crippen LogP contribution in [0, 0.1) is 18.6 Å². The maximum absolute atomic E-state index is 13.8. The summed E-state index contributed by atoms with van der Waals surface area (Å²) in [5.41, 5.74) is 9.14. The first kappa shape index (κ1) is 14.7. The Bertz CT molecular complexity index is 591. The molecule has 2 N–H and O–H groups in total. The van der Waals surface area contributed by atoms with Crippen molar-refractivity contribution in [2.24, 2.45) is 5.73 Å². The summed E-state index contributed by atoms with van der Waals surface area (Å²) in [7, 11) is 0. The van der Waals surface area contributed by atoms with E-state index in [-0.39, 0.29) is 0 Å². The molecule has 20 heavy (non-hydrogen) atoms. The average Bonchev–Trinajstić information content (AvgIpc) is 2.43. The van der Waals surface area contributed by atoms with Crippen LogP contribution >= 0.6 is 0 Å². The molecule has 0 amide bonds. The number of halogens is 2. The lowest BCUT2D eigenvalue weighted by molar-refractivity contribution is 0.550. The third-order valence-corrected chi connectivity index (χ3v) is 3.56. The lowest BCUT2D eigenvalue weighted by Gasteiger charge is -2.14. The van der Waals surface area contributed by atoms with E-state index in [1.54, 1.807) is 6.92 Å². The maximum Gasteiger partial charge on any atom is 0.130 e. The summed E-state index contributed by atoms with van der Waals surface area (Å²) in [6.45, 7) is 3.71. The minimum absolute atomic E-state index is 0.364. The van der Waals surface area contributed by atoms with Crippen LogP contribution in [0.25, 0.3) is 0 Å². The van der Waals surface area contributed by atoms with Crippen molar-refractivity contribution in [1.29, 1.82) is 0 Å². The van der Waals surface area contributed by atoms with Crippen molar-refractivity contribution in [2.45, 2.75) is 32.7 Å². The minimum Gasteiger partial charge on any atom is -0.324 e. The molecule has 3 heteroatoms. The first-order valence-electron chi connectivity index (χ1n) is 6.80. The van der Waals surface area contributed by atoms with E-state index < -0.39 is 17.7 Å². The molecule has 1 atom stereocenters. The van der Waals surface area contributed by atoms with Crippen molar-refractivity contribution in [1.82, 2.24) is 0 Å². The topological polar surface area (TPSA) is 26.0 Å². The normalized spacial score (nSPS) is 12.4. The second-order valence-electron chi connectivity index (χ2n) is 5.10. The number of rotatable bonds is 4. The van der Waals surface area contributed by atoms with Crippen molar-refractivity contribution in [3.63, 3.8) is 0 Å². The summed E-state index contributed by atoms with van der Waals surface area (Å²) < 4.78 is 27.0. The highest BCUT2D eigenvalue weighted by Crippen LogP contribution is 2.22. The quantitative estimate of drug-likeness (QED) is 0.894. The van der Waals surface area contributed by atoms with Crippen LogP contribution in [0.1, 0.15) is 35.2 Å². The summed E-state index contributed by atoms with van der Waals surface area (Å²) in [6.07, 6.45) is 1.52. The van der Waals surface area contributed by atoms with Gasteiger partial charge in [-0.15, -0.1) is 0 Å². The summed E-state index contributed by atoms with van der Waals surface area (Å²) in [5.74, 6) is -1.11. The van der Waals surface area contributed by atoms with Crippen LogP contribution in [0.3, 0.4) is 0 Å². The second kappa shape index (κ2) is 6.14. The number of hydrogen-bond acceptors (Lipinski definition) is 1. The van der Waals surface area contributed by atoms with Gasteiger partial charge in [-0.25, -0.2) is 8.78 Å². The monoisotopic (exact) mass is 275 g/mol. The van der Waals surface area contributed by atoms with E-state index >= 15 is 0 Å². The Kier molecular flexibility index (Phi) is 4.50. The summed E-state index contributed by atoms with van der Waals surface area (Å²) in [4.78, 5) is 0. The predicted octanol–water partition coefficient (Wildman–Crippen LogP) is 4.08. The van der Waals surface area contributed by atoms with Gasteiger partial charge in [0.2, 0.25) is 0 Å². The number of hydrogen-bond donors (Lipinski definition) is 1. The molecule has 0 saturated heterocycles. The second-order valence-corrected chi connectivity index (χ2v) is 5.10. The van der Waals surface area contributed by atoms with Crippen LogP contribution in [-0.4, -0.2) is 0 Å². The molecule has 0 spiro atoms. The van der Waals surface area contributed by atoms with Gasteiger partial charge in [-0.1, -0.05) is 31.2 Å². The fourth-order valence-electron chi connectivity index (χ4n) is 2.24. The molecular formula is C17H19F2N. The molecule has 2 aromatic rings. The van der Waals surface area contributed by atoms with Crippen molar-refractivity contribution in [2.75, 3.05) is 0 Å². The minimum atomic E-state index is -0.578. The molecular weight excluding hydrogens is 256 g/mol. The molecule has 106 valence electrons. The summed E-state index contributed by atoms with van der Waals surface area (Å²) >= 11 is 0. The first-order chi connectivity index (χ1) is 9.51. The fourth-order valence-corrected chi connectivity index (χ4v) is 2.24. The molecule has 0 aliphatic carbocycles. The Morgan fingerprint density at radius 3 is 2.20 bits per heavy atom. The predicted molar refractivity (Wildman–Crippen MR) is 77.5 cm³/mol. The van der Waals surface area contributed by atoms with E-state index in [4.69, 9.17) is 5.73 Å². The Balaban J connectivity index is 2.18. The van der Waals surface area contributed by atoms with Gasteiger partial charge in [0.25, 0.3) is 0 Å². The largest absolute Gasteiger partial charge is 0.324 e. The maximum atomic E-state index is 13.8. The number of nitrogens with two attached hydrogens (primary N) is 1. The Labute approximate surface area is 118 Å². The Morgan fingerprint density at radius 1 is 1.00 bits per heavy atom. The molecule has 0 heterocycles. The fraction of sp³-hybridized carbons (Fsp3) is 0.294. The SMILES string of the molecule is CCc1ccc(CC(N)c2cc(C)c(F)cc2F)cc1. The zero-order valence-electron chi connectivity index (χ0n) is 11.8. The summed E-state index contributed by atoms with van der Waals surface area (Å²) in [6, 6.07) is 10.0. The standard InChI is InChI=1S/C17H19F2N/c1-3-12-4-6-13(7-5-12)9-17(20)14-8-11(2)15(18)10-16(14)19/h4-8,10,17H,3,9,20H2,1-2H3. The van der Waals surface area contributed by atoms with Gasteiger partial charge in [-0.2, -0.15) is 0 Å². The Morgan fingerprint density at radius 2 is 1.60 bits per heavy atom. The smallest absolute Gasteiger partial charge is 0.130 e. The van der Waals surface area contributed by atoms with Gasteiger partial charge in [0.15, 0.2) is 0 Å². The van der Waals surface area contributed by atoms with Crippen LogP contribution in [0.5, 0.6) is 0 Å². The van der Waals surface area contributed by atoms with Crippen LogP contribution in [0.4, 0.5) is 8.78 Å². The molecule has 0 fully saturated rings. The van der Waals surface area contributed by atoms with E-state index in [9.17, 15) is 8.78 Å². The highest BCUT2D eigenvalue weighted by Gasteiger charge is 2.14. The van der Waals surface area contributed by atoms with E-state index in [1.165, 1.54) is 11.6 Å². The third kappa shape index (κ3) is 3.23. The van der Waals surface area contributed by atoms with Crippen LogP contribution in [-0.2, 0) is 12.8 Å². The number of benzene rings is 2. The zero-order valence-corrected chi connectivity index (χ0v) is 11.8. The summed E-state index contributed by atoms with van der Waals surface area (Å²) in [5, 5.41) is 0. The Hall–Kier alpha value is -1.74. The molecule has 2 rings (SSSR count). The highest BCUT2D eigenvalue weighted by atomic mass is 19.1. The van der Waals surface area contributed by atoms with E-state index in [2.05, 4.69) is 6.92 Å². The molecule has 0 radical (unpaired) electrons.